The summed E-state index contributed by atoms with van der Waals surface area (Å²) in [5.74, 6) is -0.963. The van der Waals surface area contributed by atoms with Crippen molar-refractivity contribution < 1.29 is 20.1 Å². The summed E-state index contributed by atoms with van der Waals surface area (Å²) in [5, 5.41) is 30.8. The van der Waals surface area contributed by atoms with Gasteiger partial charge in [-0.25, -0.2) is 4.79 Å². The lowest BCUT2D eigenvalue weighted by Gasteiger charge is -2.11. The average Bonchev–Trinajstić information content (AvgIpc) is 2.53. The molecule has 5 heteroatoms. The summed E-state index contributed by atoms with van der Waals surface area (Å²) in [6.07, 6.45) is 0. The van der Waals surface area contributed by atoms with Crippen LogP contribution in [0, 0.1) is 0 Å². The monoisotopic (exact) mass is 312 g/mol. The highest BCUT2D eigenvalue weighted by Crippen LogP contribution is 2.43. The minimum Gasteiger partial charge on any atom is -0.507 e. The Labute approximate surface area is 130 Å². The largest absolute Gasteiger partial charge is 0.507 e. The van der Waals surface area contributed by atoms with Crippen molar-refractivity contribution in [2.24, 2.45) is 0 Å². The van der Waals surface area contributed by atoms with Crippen LogP contribution in [-0.4, -0.2) is 21.3 Å². The fourth-order valence-electron chi connectivity index (χ4n) is 2.24. The quantitative estimate of drug-likeness (QED) is 0.635. The van der Waals surface area contributed by atoms with Crippen molar-refractivity contribution in [3.63, 3.8) is 0 Å². The van der Waals surface area contributed by atoms with Gasteiger partial charge in [-0.3, -0.25) is 0 Å². The summed E-state index contributed by atoms with van der Waals surface area (Å²) >= 11 is 1.11. The van der Waals surface area contributed by atoms with Crippen molar-refractivity contribution in [1.29, 1.82) is 0 Å². The van der Waals surface area contributed by atoms with Gasteiger partial charge >= 0.3 is 5.97 Å². The first-order chi connectivity index (χ1) is 10.6. The summed E-state index contributed by atoms with van der Waals surface area (Å²) in [4.78, 5) is 12.2. The number of hydrogen-bond acceptors (Lipinski definition) is 4. The normalized spacial score (nSPS) is 10.7. The zero-order valence-electron chi connectivity index (χ0n) is 11.4. The van der Waals surface area contributed by atoms with Gasteiger partial charge in [-0.15, -0.1) is 0 Å². The maximum absolute atomic E-state index is 11.3. The van der Waals surface area contributed by atoms with Gasteiger partial charge in [0.1, 0.15) is 11.5 Å². The molecule has 0 aliphatic heterocycles. The number of carboxylic acid groups (broad SMARTS) is 1. The Morgan fingerprint density at radius 2 is 1.50 bits per heavy atom. The molecule has 3 aromatic rings. The first kappa shape index (κ1) is 14.3. The predicted octanol–water partition coefficient (Wildman–Crippen LogP) is 4.10. The molecule has 0 amide bonds. The van der Waals surface area contributed by atoms with Crippen LogP contribution in [-0.2, 0) is 0 Å². The minimum atomic E-state index is -1.03. The van der Waals surface area contributed by atoms with E-state index in [0.717, 1.165) is 11.8 Å². The molecule has 0 aromatic heterocycles. The standard InChI is InChI=1S/C17H12O4S/c18-13-9-15(16(19)11-6-2-1-5-10(11)13)22-14-8-4-3-7-12(14)17(20)21/h1-9,18-19H,(H,20,21). The first-order valence-corrected chi connectivity index (χ1v) is 7.33. The van der Waals surface area contributed by atoms with Crippen molar-refractivity contribution in [3.05, 3.63) is 60.2 Å². The van der Waals surface area contributed by atoms with E-state index in [9.17, 15) is 20.1 Å². The Hall–Kier alpha value is -2.66. The first-order valence-electron chi connectivity index (χ1n) is 6.52. The van der Waals surface area contributed by atoms with Crippen molar-refractivity contribution >= 4 is 28.5 Å². The van der Waals surface area contributed by atoms with E-state index in [1.54, 1.807) is 42.5 Å². The molecule has 0 spiro atoms. The number of rotatable bonds is 3. The molecule has 3 N–H and O–H groups in total. The zero-order chi connectivity index (χ0) is 15.7. The molecule has 0 unspecified atom stereocenters. The van der Waals surface area contributed by atoms with Gasteiger partial charge in [-0.1, -0.05) is 48.2 Å². The van der Waals surface area contributed by atoms with E-state index in [2.05, 4.69) is 0 Å². The average molecular weight is 312 g/mol. The van der Waals surface area contributed by atoms with E-state index in [-0.39, 0.29) is 17.1 Å². The Kier molecular flexibility index (Phi) is 3.65. The topological polar surface area (TPSA) is 77.8 Å². The van der Waals surface area contributed by atoms with Crippen LogP contribution in [0.5, 0.6) is 11.5 Å². The number of fused-ring (bicyclic) bond motifs is 1. The molecule has 0 saturated heterocycles. The minimum absolute atomic E-state index is 0.0265. The van der Waals surface area contributed by atoms with Crippen LogP contribution in [0.1, 0.15) is 10.4 Å². The van der Waals surface area contributed by atoms with E-state index >= 15 is 0 Å². The highest BCUT2D eigenvalue weighted by molar-refractivity contribution is 7.99. The van der Waals surface area contributed by atoms with Crippen LogP contribution in [0.3, 0.4) is 0 Å². The van der Waals surface area contributed by atoms with Crippen LogP contribution in [0.4, 0.5) is 0 Å². The summed E-state index contributed by atoms with van der Waals surface area (Å²) in [7, 11) is 0. The number of phenols is 2. The molecular formula is C17H12O4S. The van der Waals surface area contributed by atoms with Gasteiger partial charge in [0.15, 0.2) is 0 Å². The summed E-state index contributed by atoms with van der Waals surface area (Å²) in [6, 6.07) is 14.9. The highest BCUT2D eigenvalue weighted by Gasteiger charge is 2.15. The predicted molar refractivity (Wildman–Crippen MR) is 84.8 cm³/mol. The van der Waals surface area contributed by atoms with Gasteiger partial charge in [-0.2, -0.15) is 0 Å². The SMILES string of the molecule is O=C(O)c1ccccc1Sc1cc(O)c2ccccc2c1O. The van der Waals surface area contributed by atoms with Crippen molar-refractivity contribution in [1.82, 2.24) is 0 Å². The molecule has 0 aliphatic carbocycles. The fourth-order valence-corrected chi connectivity index (χ4v) is 3.27. The Balaban J connectivity index is 2.13. The van der Waals surface area contributed by atoms with Gasteiger partial charge in [0.05, 0.1) is 10.5 Å². The van der Waals surface area contributed by atoms with Gasteiger partial charge in [0.25, 0.3) is 0 Å². The molecule has 0 aliphatic rings. The van der Waals surface area contributed by atoms with E-state index in [1.807, 2.05) is 0 Å². The van der Waals surface area contributed by atoms with E-state index in [4.69, 9.17) is 0 Å². The Bertz CT molecular complexity index is 874. The lowest BCUT2D eigenvalue weighted by molar-refractivity contribution is 0.0693. The van der Waals surface area contributed by atoms with Gasteiger partial charge in [0.2, 0.25) is 0 Å². The van der Waals surface area contributed by atoms with Crippen LogP contribution in [0.25, 0.3) is 10.8 Å². The van der Waals surface area contributed by atoms with Crippen LogP contribution in [0.15, 0.2) is 64.4 Å². The maximum atomic E-state index is 11.3. The third-order valence-corrected chi connectivity index (χ3v) is 4.40. The van der Waals surface area contributed by atoms with E-state index in [1.165, 1.54) is 12.1 Å². The summed E-state index contributed by atoms with van der Waals surface area (Å²) in [6.45, 7) is 0. The molecular weight excluding hydrogens is 300 g/mol. The molecule has 110 valence electrons. The van der Waals surface area contributed by atoms with E-state index < -0.39 is 5.97 Å². The molecule has 0 fully saturated rings. The molecule has 3 aromatic carbocycles. The summed E-state index contributed by atoms with van der Waals surface area (Å²) < 4.78 is 0. The molecule has 3 rings (SSSR count). The van der Waals surface area contributed by atoms with Crippen LogP contribution in [0.2, 0.25) is 0 Å². The molecule has 0 radical (unpaired) electrons. The maximum Gasteiger partial charge on any atom is 0.336 e. The van der Waals surface area contributed by atoms with Crippen molar-refractivity contribution in [2.75, 3.05) is 0 Å². The number of hydrogen-bond donors (Lipinski definition) is 3. The molecule has 22 heavy (non-hydrogen) atoms. The fraction of sp³-hybridized carbons (Fsp3) is 0. The van der Waals surface area contributed by atoms with Gasteiger partial charge in [0, 0.05) is 15.7 Å². The Morgan fingerprint density at radius 1 is 0.864 bits per heavy atom. The second kappa shape index (κ2) is 5.61. The number of aromatic carboxylic acids is 1. The number of aromatic hydroxyl groups is 2. The number of carbonyl (C=O) groups is 1. The smallest absolute Gasteiger partial charge is 0.336 e. The van der Waals surface area contributed by atoms with Gasteiger partial charge < -0.3 is 15.3 Å². The Morgan fingerprint density at radius 3 is 2.23 bits per heavy atom. The molecule has 4 nitrogen and oxygen atoms in total. The van der Waals surface area contributed by atoms with Crippen molar-refractivity contribution in [2.45, 2.75) is 9.79 Å². The van der Waals surface area contributed by atoms with Gasteiger partial charge in [-0.05, 0) is 18.2 Å². The third kappa shape index (κ3) is 2.46. The van der Waals surface area contributed by atoms with E-state index in [0.29, 0.717) is 20.6 Å². The lowest BCUT2D eigenvalue weighted by Crippen LogP contribution is -1.98. The molecule has 0 bridgehead atoms. The van der Waals surface area contributed by atoms with Crippen molar-refractivity contribution in [3.8, 4) is 11.5 Å². The number of phenolic OH excluding ortho intramolecular Hbond substituents is 2. The second-order valence-corrected chi connectivity index (χ2v) is 5.78. The zero-order valence-corrected chi connectivity index (χ0v) is 12.2. The molecule has 0 atom stereocenters. The lowest BCUT2D eigenvalue weighted by atomic mass is 10.1. The second-order valence-electron chi connectivity index (χ2n) is 4.69. The third-order valence-electron chi connectivity index (χ3n) is 3.30. The highest BCUT2D eigenvalue weighted by atomic mass is 32.2. The number of benzene rings is 3. The van der Waals surface area contributed by atoms with Crippen LogP contribution < -0.4 is 0 Å². The van der Waals surface area contributed by atoms with Crippen LogP contribution >= 0.6 is 11.8 Å². The molecule has 0 heterocycles. The number of carboxylic acids is 1. The molecule has 0 saturated carbocycles. The summed E-state index contributed by atoms with van der Waals surface area (Å²) in [5.41, 5.74) is 0.152.